The highest BCUT2D eigenvalue weighted by molar-refractivity contribution is 5.71. The number of rotatable bonds is 63. The third-order valence-electron chi connectivity index (χ3n) is 15.3. The van der Waals surface area contributed by atoms with E-state index in [1.807, 2.05) is 0 Å². The molecule has 0 bridgehead atoms. The van der Waals surface area contributed by atoms with Crippen LogP contribution in [0, 0.1) is 0 Å². The largest absolute Gasteiger partial charge is 0.462 e. The van der Waals surface area contributed by atoms with Crippen molar-refractivity contribution < 1.29 is 28.6 Å². The zero-order valence-electron chi connectivity index (χ0n) is 51.3. The summed E-state index contributed by atoms with van der Waals surface area (Å²) >= 11 is 0. The molecule has 0 saturated heterocycles. The molecule has 1 atom stereocenters. The number of hydrogen-bond donors (Lipinski definition) is 0. The van der Waals surface area contributed by atoms with Crippen LogP contribution in [0.4, 0.5) is 0 Å². The van der Waals surface area contributed by atoms with E-state index in [1.54, 1.807) is 0 Å². The van der Waals surface area contributed by atoms with Gasteiger partial charge in [0.2, 0.25) is 0 Å². The summed E-state index contributed by atoms with van der Waals surface area (Å²) in [5.41, 5.74) is 0. The molecule has 0 rings (SSSR count). The van der Waals surface area contributed by atoms with Crippen molar-refractivity contribution in [1.29, 1.82) is 0 Å². The van der Waals surface area contributed by atoms with Gasteiger partial charge in [-0.2, -0.15) is 0 Å². The highest BCUT2D eigenvalue weighted by Gasteiger charge is 2.19. The molecule has 0 aliphatic rings. The van der Waals surface area contributed by atoms with Gasteiger partial charge in [-0.3, -0.25) is 14.4 Å². The molecule has 0 fully saturated rings. The van der Waals surface area contributed by atoms with Gasteiger partial charge in [0.1, 0.15) is 13.2 Å². The van der Waals surface area contributed by atoms with Crippen LogP contribution >= 0.6 is 0 Å². The maximum atomic E-state index is 12.9. The van der Waals surface area contributed by atoms with Crippen LogP contribution in [0.5, 0.6) is 0 Å². The molecule has 0 saturated carbocycles. The smallest absolute Gasteiger partial charge is 0.306 e. The van der Waals surface area contributed by atoms with Crippen LogP contribution in [-0.4, -0.2) is 37.2 Å². The molecule has 446 valence electrons. The van der Waals surface area contributed by atoms with E-state index < -0.39 is 6.10 Å². The Hall–Kier alpha value is -2.37. The predicted octanol–water partition coefficient (Wildman–Crippen LogP) is 23.2. The number of esters is 3. The van der Waals surface area contributed by atoms with Crippen molar-refractivity contribution in [2.24, 2.45) is 0 Å². The number of hydrogen-bond acceptors (Lipinski definition) is 6. The van der Waals surface area contributed by atoms with E-state index in [-0.39, 0.29) is 31.1 Å². The minimum absolute atomic E-state index is 0.0726. The maximum absolute atomic E-state index is 12.9. The van der Waals surface area contributed by atoms with E-state index in [1.165, 1.54) is 263 Å². The summed E-state index contributed by atoms with van der Waals surface area (Å²) in [4.78, 5) is 38.2. The first-order valence-electron chi connectivity index (χ1n) is 34.0. The van der Waals surface area contributed by atoms with E-state index >= 15 is 0 Å². The van der Waals surface area contributed by atoms with E-state index in [4.69, 9.17) is 14.2 Å². The van der Waals surface area contributed by atoms with Gasteiger partial charge in [-0.1, -0.05) is 301 Å². The first-order valence-corrected chi connectivity index (χ1v) is 34.0. The van der Waals surface area contributed by atoms with Gasteiger partial charge in [-0.25, -0.2) is 0 Å². The van der Waals surface area contributed by atoms with Gasteiger partial charge in [-0.05, 0) is 89.9 Å². The second kappa shape index (κ2) is 65.2. The minimum atomic E-state index is -0.775. The average molecular weight is 1070 g/mol. The zero-order valence-corrected chi connectivity index (χ0v) is 51.3. The van der Waals surface area contributed by atoms with Gasteiger partial charge >= 0.3 is 17.9 Å². The molecule has 0 radical (unpaired) electrons. The molecule has 6 nitrogen and oxygen atoms in total. The summed E-state index contributed by atoms with van der Waals surface area (Å²) in [6.45, 7) is 6.62. The molecule has 0 N–H and O–H groups in total. The molecular weight excluding hydrogens is 937 g/mol. The molecule has 0 aliphatic carbocycles. The Morgan fingerprint density at radius 1 is 0.250 bits per heavy atom. The third kappa shape index (κ3) is 62.5. The van der Waals surface area contributed by atoms with E-state index in [9.17, 15) is 14.4 Å². The normalized spacial score (nSPS) is 12.2. The summed E-state index contributed by atoms with van der Waals surface area (Å²) in [5.74, 6) is -0.866. The molecule has 0 heterocycles. The molecule has 0 aliphatic heterocycles. The van der Waals surface area contributed by atoms with Crippen LogP contribution in [0.25, 0.3) is 0 Å². The fourth-order valence-electron chi connectivity index (χ4n) is 10.2. The topological polar surface area (TPSA) is 78.9 Å². The summed E-state index contributed by atoms with van der Waals surface area (Å²) < 4.78 is 16.9. The van der Waals surface area contributed by atoms with Crippen molar-refractivity contribution in [2.75, 3.05) is 13.2 Å². The van der Waals surface area contributed by atoms with Crippen molar-refractivity contribution in [2.45, 2.75) is 380 Å². The predicted molar refractivity (Wildman–Crippen MR) is 330 cm³/mol. The van der Waals surface area contributed by atoms with Gasteiger partial charge in [0.25, 0.3) is 0 Å². The molecule has 0 spiro atoms. The van der Waals surface area contributed by atoms with Gasteiger partial charge in [0.15, 0.2) is 6.10 Å². The lowest BCUT2D eigenvalue weighted by molar-refractivity contribution is -0.167. The first kappa shape index (κ1) is 73.6. The molecule has 0 amide bonds. The molecule has 0 aromatic carbocycles. The van der Waals surface area contributed by atoms with Gasteiger partial charge < -0.3 is 14.2 Å². The van der Waals surface area contributed by atoms with Crippen LogP contribution in [-0.2, 0) is 28.6 Å². The van der Waals surface area contributed by atoms with E-state index in [2.05, 4.69) is 57.2 Å². The number of unbranched alkanes of at least 4 members (excludes halogenated alkanes) is 46. The average Bonchev–Trinajstić information content (AvgIpc) is 3.42. The first-order chi connectivity index (χ1) is 37.5. The number of allylic oxidation sites excluding steroid dienone is 6. The van der Waals surface area contributed by atoms with Crippen molar-refractivity contribution >= 4 is 17.9 Å². The fraction of sp³-hybridized carbons (Fsp3) is 0.871. The quantitative estimate of drug-likeness (QED) is 0.0261. The SMILES string of the molecule is CCC/C=C\CCCCCCCC(=O)OCC(COC(=O)CCCCCCCCCCCCCCCCCCCCC/C=C\CCCCCCCCCC)OC(=O)CCCCCCCCC/C=C\CCCCCCCC. The molecule has 0 aromatic rings. The standard InChI is InChI=1S/C70H130O6/c1-4-7-10-13-16-19-22-24-26-28-29-30-31-32-33-34-35-36-37-38-39-40-41-43-44-46-48-51-54-57-60-63-69(72)75-66-67(65-74-68(71)62-59-56-53-50-21-18-15-12-9-6-3)76-70(73)64-61-58-55-52-49-47-45-42-27-25-23-20-17-14-11-8-5-2/h12,15,25,27-29,67H,4-11,13-14,16-24,26,30-66H2,1-3H3/b15-12-,27-25-,29-28-. The Balaban J connectivity index is 4.08. The van der Waals surface area contributed by atoms with Gasteiger partial charge in [0.05, 0.1) is 0 Å². The second-order valence-electron chi connectivity index (χ2n) is 23.1. The van der Waals surface area contributed by atoms with Crippen LogP contribution in [0.2, 0.25) is 0 Å². The second-order valence-corrected chi connectivity index (χ2v) is 23.1. The molecular formula is C70H130O6. The number of carbonyl (C=O) groups excluding carboxylic acids is 3. The van der Waals surface area contributed by atoms with Crippen LogP contribution in [0.15, 0.2) is 36.5 Å². The highest BCUT2D eigenvalue weighted by atomic mass is 16.6. The Morgan fingerprint density at radius 2 is 0.461 bits per heavy atom. The van der Waals surface area contributed by atoms with Crippen LogP contribution < -0.4 is 0 Å². The Labute approximate surface area is 474 Å². The zero-order chi connectivity index (χ0) is 55.0. The monoisotopic (exact) mass is 1070 g/mol. The maximum Gasteiger partial charge on any atom is 0.306 e. The number of ether oxygens (including phenoxy) is 3. The van der Waals surface area contributed by atoms with Crippen molar-refractivity contribution in [1.82, 2.24) is 0 Å². The lowest BCUT2D eigenvalue weighted by atomic mass is 10.0. The Kier molecular flexibility index (Phi) is 63.1. The molecule has 6 heteroatoms. The van der Waals surface area contributed by atoms with Gasteiger partial charge in [0, 0.05) is 19.3 Å². The van der Waals surface area contributed by atoms with Crippen molar-refractivity contribution in [3.8, 4) is 0 Å². The Morgan fingerprint density at radius 3 is 0.711 bits per heavy atom. The molecule has 1 unspecified atom stereocenters. The van der Waals surface area contributed by atoms with E-state index in [0.717, 1.165) is 70.6 Å². The molecule has 76 heavy (non-hydrogen) atoms. The van der Waals surface area contributed by atoms with Crippen LogP contribution in [0.1, 0.15) is 374 Å². The Bertz CT molecular complexity index is 1270. The highest BCUT2D eigenvalue weighted by Crippen LogP contribution is 2.18. The minimum Gasteiger partial charge on any atom is -0.462 e. The van der Waals surface area contributed by atoms with Crippen molar-refractivity contribution in [3.05, 3.63) is 36.5 Å². The third-order valence-corrected chi connectivity index (χ3v) is 15.3. The van der Waals surface area contributed by atoms with Crippen molar-refractivity contribution in [3.63, 3.8) is 0 Å². The number of carbonyl (C=O) groups is 3. The van der Waals surface area contributed by atoms with Gasteiger partial charge in [-0.15, -0.1) is 0 Å². The summed E-state index contributed by atoms with van der Waals surface area (Å²) in [6.07, 6.45) is 80.5. The van der Waals surface area contributed by atoms with Crippen LogP contribution in [0.3, 0.4) is 0 Å². The fourth-order valence-corrected chi connectivity index (χ4v) is 10.2. The van der Waals surface area contributed by atoms with E-state index in [0.29, 0.717) is 19.3 Å². The summed E-state index contributed by atoms with van der Waals surface area (Å²) in [6, 6.07) is 0. The summed E-state index contributed by atoms with van der Waals surface area (Å²) in [5, 5.41) is 0. The molecule has 0 aromatic heterocycles. The summed E-state index contributed by atoms with van der Waals surface area (Å²) in [7, 11) is 0. The lowest BCUT2D eigenvalue weighted by Crippen LogP contribution is -2.30. The lowest BCUT2D eigenvalue weighted by Gasteiger charge is -2.18.